The van der Waals surface area contributed by atoms with Gasteiger partial charge < -0.3 is 0 Å². The molecule has 0 saturated carbocycles. The van der Waals surface area contributed by atoms with E-state index in [1.165, 1.54) is 0 Å². The van der Waals surface area contributed by atoms with Gasteiger partial charge in [0.1, 0.15) is 0 Å². The van der Waals surface area contributed by atoms with Crippen LogP contribution in [0.1, 0.15) is 0 Å². The van der Waals surface area contributed by atoms with E-state index in [-0.39, 0.29) is 0 Å². The molecule has 0 aromatic carbocycles. The molecule has 0 bridgehead atoms. The Morgan fingerprint density at radius 2 is 1.00 bits per heavy atom. The van der Waals surface area contributed by atoms with Crippen LogP contribution in [0.25, 0.3) is 0 Å². The molecule has 0 fully saturated rings. The van der Waals surface area contributed by atoms with Crippen LogP contribution >= 0.6 is 8.00 Å². The van der Waals surface area contributed by atoms with Crippen molar-refractivity contribution in [3.63, 3.8) is 0 Å². The first-order valence-electron chi connectivity index (χ1n) is 0.934. The SMILES string of the molecule is NP(F)(F)(F)F. The van der Waals surface area contributed by atoms with Gasteiger partial charge in [0.15, 0.2) is 0 Å². The van der Waals surface area contributed by atoms with Crippen LogP contribution in [0.2, 0.25) is 0 Å². The van der Waals surface area contributed by atoms with Gasteiger partial charge >= 0.3 is 30.3 Å². The van der Waals surface area contributed by atoms with Gasteiger partial charge in [-0.1, -0.05) is 0 Å². The van der Waals surface area contributed by atoms with Crippen molar-refractivity contribution in [1.29, 1.82) is 0 Å². The zero-order valence-corrected chi connectivity index (χ0v) is 3.43. The summed E-state index contributed by atoms with van der Waals surface area (Å²) in [6.07, 6.45) is 0. The van der Waals surface area contributed by atoms with Crippen molar-refractivity contribution in [2.75, 3.05) is 0 Å². The third kappa shape index (κ3) is 3290. The summed E-state index contributed by atoms with van der Waals surface area (Å²) in [5.41, 5.74) is 3.06. The van der Waals surface area contributed by atoms with E-state index in [1.807, 2.05) is 0 Å². The maximum atomic E-state index is 10.3. The van der Waals surface area contributed by atoms with Crippen molar-refractivity contribution in [2.24, 2.45) is 5.50 Å². The second-order valence-electron chi connectivity index (χ2n) is 0.774. The minimum atomic E-state index is -7.55. The Balaban J connectivity index is 3.73. The Hall–Kier alpha value is 0.110. The molecule has 0 aromatic rings. The number of rotatable bonds is 0. The summed E-state index contributed by atoms with van der Waals surface area (Å²) in [5.74, 6) is 0. The molecule has 0 aliphatic carbocycles. The van der Waals surface area contributed by atoms with Gasteiger partial charge in [-0.25, -0.2) is 0 Å². The molecule has 0 heterocycles. The van der Waals surface area contributed by atoms with Gasteiger partial charge in [0.2, 0.25) is 0 Å². The fourth-order valence-corrected chi connectivity index (χ4v) is 0. The van der Waals surface area contributed by atoms with Crippen LogP contribution < -0.4 is 5.50 Å². The van der Waals surface area contributed by atoms with Crippen LogP contribution in [0.5, 0.6) is 0 Å². The fraction of sp³-hybridized carbons (Fsp3) is 0. The van der Waals surface area contributed by atoms with Crippen molar-refractivity contribution in [2.45, 2.75) is 0 Å². The molecule has 0 amide bonds. The molecule has 0 spiro atoms. The third-order valence-electron chi connectivity index (χ3n) is 0. The first-order chi connectivity index (χ1) is 2.24. The quantitative estimate of drug-likeness (QED) is 0.386. The maximum absolute atomic E-state index is 10.3. The predicted molar refractivity (Wildman–Crippen MR) is 15.5 cm³/mol. The van der Waals surface area contributed by atoms with Crippen LogP contribution in [0.3, 0.4) is 0 Å². The Morgan fingerprint density at radius 1 is 1.00 bits per heavy atom. The van der Waals surface area contributed by atoms with Crippen molar-refractivity contribution in [1.82, 2.24) is 0 Å². The molecule has 0 aliphatic heterocycles. The number of halogens is 4. The standard InChI is InChI=1S/F4H2NP/c1-6(2,3,4)5/h5H2. The third-order valence-corrected chi connectivity index (χ3v) is 0. The van der Waals surface area contributed by atoms with E-state index in [2.05, 4.69) is 5.50 Å². The number of nitrogens with two attached hydrogens (primary N) is 1. The summed E-state index contributed by atoms with van der Waals surface area (Å²) in [7, 11) is -7.55. The van der Waals surface area contributed by atoms with E-state index >= 15 is 0 Å². The van der Waals surface area contributed by atoms with Crippen LogP contribution in [0.4, 0.5) is 16.8 Å². The molecule has 0 unspecified atom stereocenters. The Labute approximate surface area is 31.6 Å². The Kier molecular flexibility index (Phi) is 0.860. The minimum absolute atomic E-state index is 3.06. The fourth-order valence-electron chi connectivity index (χ4n) is 0. The van der Waals surface area contributed by atoms with E-state index < -0.39 is 8.00 Å². The molecule has 2 N–H and O–H groups in total. The summed E-state index contributed by atoms with van der Waals surface area (Å²) in [4.78, 5) is 0. The van der Waals surface area contributed by atoms with Crippen molar-refractivity contribution < 1.29 is 16.8 Å². The predicted octanol–water partition coefficient (Wildman–Crippen LogP) is 1.95. The summed E-state index contributed by atoms with van der Waals surface area (Å²) in [6, 6.07) is 0. The van der Waals surface area contributed by atoms with Gasteiger partial charge in [0.05, 0.1) is 0 Å². The molecular formula is H2F4NP. The summed E-state index contributed by atoms with van der Waals surface area (Å²) in [5, 5.41) is 0. The Morgan fingerprint density at radius 3 is 1.00 bits per heavy atom. The number of hydrogen-bond acceptors (Lipinski definition) is 1. The molecule has 0 aliphatic rings. The van der Waals surface area contributed by atoms with Crippen molar-refractivity contribution in [3.8, 4) is 0 Å². The molecule has 0 saturated heterocycles. The van der Waals surface area contributed by atoms with E-state index in [4.69, 9.17) is 0 Å². The van der Waals surface area contributed by atoms with Gasteiger partial charge in [0, 0.05) is 0 Å². The van der Waals surface area contributed by atoms with E-state index in [0.29, 0.717) is 0 Å². The topological polar surface area (TPSA) is 26.0 Å². The second kappa shape index (κ2) is 0.845. The van der Waals surface area contributed by atoms with Crippen LogP contribution in [0.15, 0.2) is 0 Å². The average molecular weight is 123 g/mol. The van der Waals surface area contributed by atoms with Gasteiger partial charge in [-0.05, 0) is 0 Å². The second-order valence-corrected chi connectivity index (χ2v) is 2.32. The normalized spacial score (nSPS) is 19.2. The Bertz CT molecular complexity index is 40.7. The number of hydrogen-bond donors (Lipinski definition) is 1. The first kappa shape index (κ1) is 6.11. The van der Waals surface area contributed by atoms with E-state index in [9.17, 15) is 16.8 Å². The molecule has 6 heteroatoms. The zero-order valence-electron chi connectivity index (χ0n) is 2.54. The zero-order chi connectivity index (χ0) is 5.45. The molecule has 0 radical (unpaired) electrons. The monoisotopic (exact) mass is 123 g/mol. The van der Waals surface area contributed by atoms with Gasteiger partial charge in [-0.2, -0.15) is 0 Å². The first-order valence-corrected chi connectivity index (χ1v) is 2.80. The molecule has 0 aromatic heterocycles. The summed E-state index contributed by atoms with van der Waals surface area (Å²) >= 11 is 0. The summed E-state index contributed by atoms with van der Waals surface area (Å²) < 4.78 is 41.1. The summed E-state index contributed by atoms with van der Waals surface area (Å²) in [6.45, 7) is 0. The van der Waals surface area contributed by atoms with Gasteiger partial charge in [-0.3, -0.25) is 0 Å². The molecule has 1 nitrogen and oxygen atoms in total. The van der Waals surface area contributed by atoms with E-state index in [1.54, 1.807) is 0 Å². The van der Waals surface area contributed by atoms with Crippen molar-refractivity contribution >= 4 is 8.00 Å². The van der Waals surface area contributed by atoms with Crippen molar-refractivity contribution in [3.05, 3.63) is 0 Å². The molecule has 6 heavy (non-hydrogen) atoms. The van der Waals surface area contributed by atoms with Crippen LogP contribution in [0, 0.1) is 0 Å². The molecule has 40 valence electrons. The van der Waals surface area contributed by atoms with Gasteiger partial charge in [0.25, 0.3) is 0 Å². The molecule has 0 atom stereocenters. The van der Waals surface area contributed by atoms with Gasteiger partial charge in [-0.15, -0.1) is 0 Å². The average Bonchev–Trinajstić information content (AvgIpc) is 0.650. The molecule has 0 rings (SSSR count). The van der Waals surface area contributed by atoms with E-state index in [0.717, 1.165) is 0 Å². The van der Waals surface area contributed by atoms with Crippen LogP contribution in [-0.4, -0.2) is 0 Å². The van der Waals surface area contributed by atoms with Crippen LogP contribution in [-0.2, 0) is 0 Å². The molecular weight excluding hydrogens is 121 g/mol.